The molecule has 8 heteroatoms. The van der Waals surface area contributed by atoms with Crippen LogP contribution in [0.1, 0.15) is 6.42 Å². The van der Waals surface area contributed by atoms with Crippen LogP contribution in [0.2, 0.25) is 0 Å². The van der Waals surface area contributed by atoms with Gasteiger partial charge >= 0.3 is 6.09 Å². The van der Waals surface area contributed by atoms with Gasteiger partial charge in [0.2, 0.25) is 11.8 Å². The Labute approximate surface area is 105 Å². The Bertz CT molecular complexity index is 334. The Morgan fingerprint density at radius 1 is 1.44 bits per heavy atom. The number of likely N-dealkylation sites (tertiary alicyclic amines) is 1. The number of hydrogen-bond donors (Lipinski definition) is 3. The Hall–Kier alpha value is -1.83. The second-order valence-electron chi connectivity index (χ2n) is 3.94. The lowest BCUT2D eigenvalue weighted by Crippen LogP contribution is -2.43. The predicted octanol–water partition coefficient (Wildman–Crippen LogP) is -1.98. The van der Waals surface area contributed by atoms with Crippen LogP contribution >= 0.6 is 0 Å². The molecule has 0 saturated carbocycles. The lowest BCUT2D eigenvalue weighted by molar-refractivity contribution is -0.131. The van der Waals surface area contributed by atoms with E-state index in [4.69, 9.17) is 5.73 Å². The van der Waals surface area contributed by atoms with Crippen LogP contribution in [0.4, 0.5) is 4.79 Å². The fourth-order valence-electron chi connectivity index (χ4n) is 1.69. The largest absolute Gasteiger partial charge is 0.453 e. The van der Waals surface area contributed by atoms with Crippen molar-refractivity contribution in [3.63, 3.8) is 0 Å². The van der Waals surface area contributed by atoms with Gasteiger partial charge < -0.3 is 26.0 Å². The van der Waals surface area contributed by atoms with Crippen molar-refractivity contribution in [2.75, 3.05) is 33.3 Å². The highest BCUT2D eigenvalue weighted by molar-refractivity contribution is 5.85. The zero-order valence-corrected chi connectivity index (χ0v) is 10.3. The number of rotatable bonds is 4. The summed E-state index contributed by atoms with van der Waals surface area (Å²) >= 11 is 0. The van der Waals surface area contributed by atoms with Gasteiger partial charge in [-0.25, -0.2) is 4.79 Å². The molecule has 0 radical (unpaired) electrons. The molecule has 4 N–H and O–H groups in total. The number of carbonyl (C=O) groups is 3. The molecule has 102 valence electrons. The molecule has 8 nitrogen and oxygen atoms in total. The van der Waals surface area contributed by atoms with Crippen molar-refractivity contribution in [2.24, 2.45) is 5.73 Å². The minimum Gasteiger partial charge on any atom is -0.453 e. The smallest absolute Gasteiger partial charge is 0.407 e. The quantitative estimate of drug-likeness (QED) is 0.540. The van der Waals surface area contributed by atoms with E-state index in [1.165, 1.54) is 7.11 Å². The van der Waals surface area contributed by atoms with E-state index < -0.39 is 6.09 Å². The van der Waals surface area contributed by atoms with Crippen LogP contribution in [0.15, 0.2) is 0 Å². The average molecular weight is 258 g/mol. The van der Waals surface area contributed by atoms with Crippen molar-refractivity contribution in [1.82, 2.24) is 15.5 Å². The summed E-state index contributed by atoms with van der Waals surface area (Å²) in [4.78, 5) is 35.2. The normalized spacial score (nSPS) is 18.3. The van der Waals surface area contributed by atoms with E-state index in [0.717, 1.165) is 0 Å². The predicted molar refractivity (Wildman–Crippen MR) is 62.6 cm³/mol. The van der Waals surface area contributed by atoms with Gasteiger partial charge in [0.25, 0.3) is 0 Å². The zero-order chi connectivity index (χ0) is 13.5. The molecular formula is C10H18N4O4. The molecule has 0 aliphatic carbocycles. The maximum atomic E-state index is 11.7. The molecule has 1 aliphatic rings. The molecule has 0 aromatic heterocycles. The number of hydrogen-bond acceptors (Lipinski definition) is 5. The highest BCUT2D eigenvalue weighted by atomic mass is 16.5. The molecule has 0 aromatic rings. The number of ether oxygens (including phenoxy) is 1. The third-order valence-corrected chi connectivity index (χ3v) is 2.67. The summed E-state index contributed by atoms with van der Waals surface area (Å²) in [6, 6.07) is -0.105. The van der Waals surface area contributed by atoms with Crippen molar-refractivity contribution in [2.45, 2.75) is 12.5 Å². The number of alkyl carbamates (subject to hydrolysis) is 1. The Kier molecular flexibility index (Phi) is 5.37. The van der Waals surface area contributed by atoms with Crippen molar-refractivity contribution in [3.05, 3.63) is 0 Å². The minimum atomic E-state index is -0.509. The van der Waals surface area contributed by atoms with E-state index in [-0.39, 0.29) is 30.9 Å². The van der Waals surface area contributed by atoms with E-state index in [2.05, 4.69) is 15.4 Å². The maximum Gasteiger partial charge on any atom is 0.407 e. The highest BCUT2D eigenvalue weighted by Gasteiger charge is 2.27. The van der Waals surface area contributed by atoms with Gasteiger partial charge in [-0.3, -0.25) is 9.59 Å². The van der Waals surface area contributed by atoms with Crippen LogP contribution in [0, 0.1) is 0 Å². The summed E-state index contributed by atoms with van der Waals surface area (Å²) in [6.07, 6.45) is 0.164. The minimum absolute atomic E-state index is 0.0685. The molecule has 18 heavy (non-hydrogen) atoms. The van der Waals surface area contributed by atoms with Gasteiger partial charge in [0, 0.05) is 13.1 Å². The zero-order valence-electron chi connectivity index (χ0n) is 10.3. The van der Waals surface area contributed by atoms with Crippen molar-refractivity contribution >= 4 is 17.9 Å². The highest BCUT2D eigenvalue weighted by Crippen LogP contribution is 2.09. The van der Waals surface area contributed by atoms with E-state index in [1.54, 1.807) is 4.90 Å². The van der Waals surface area contributed by atoms with Crippen LogP contribution in [0.5, 0.6) is 0 Å². The van der Waals surface area contributed by atoms with Gasteiger partial charge in [-0.1, -0.05) is 0 Å². The first-order valence-electron chi connectivity index (χ1n) is 5.65. The van der Waals surface area contributed by atoms with Crippen molar-refractivity contribution < 1.29 is 19.1 Å². The third-order valence-electron chi connectivity index (χ3n) is 2.67. The van der Waals surface area contributed by atoms with E-state index in [1.807, 2.05) is 0 Å². The van der Waals surface area contributed by atoms with E-state index in [9.17, 15) is 14.4 Å². The summed E-state index contributed by atoms with van der Waals surface area (Å²) in [5.41, 5.74) is 5.11. The molecule has 1 heterocycles. The number of nitrogens with two attached hydrogens (primary N) is 1. The van der Waals surface area contributed by atoms with E-state index in [0.29, 0.717) is 19.5 Å². The Morgan fingerprint density at radius 3 is 2.78 bits per heavy atom. The standard InChI is InChI=1S/C10H18N4O4/c1-18-10(17)13-7-2-3-14(6-7)9(16)5-12-8(15)4-11/h7H,2-6,11H2,1H3,(H,12,15)(H,13,17). The topological polar surface area (TPSA) is 114 Å². The summed E-state index contributed by atoms with van der Waals surface area (Å²) in [6.45, 7) is 0.763. The average Bonchev–Trinajstić information content (AvgIpc) is 2.83. The molecule has 1 aliphatic heterocycles. The van der Waals surface area contributed by atoms with Crippen LogP contribution in [-0.4, -0.2) is 62.1 Å². The van der Waals surface area contributed by atoms with Gasteiger partial charge in [0.15, 0.2) is 0 Å². The fraction of sp³-hybridized carbons (Fsp3) is 0.700. The molecule has 1 rings (SSSR count). The second kappa shape index (κ2) is 6.80. The Balaban J connectivity index is 2.30. The second-order valence-corrected chi connectivity index (χ2v) is 3.94. The number of nitrogens with zero attached hydrogens (tertiary/aromatic N) is 1. The molecular weight excluding hydrogens is 240 g/mol. The maximum absolute atomic E-state index is 11.7. The van der Waals surface area contributed by atoms with Crippen LogP contribution < -0.4 is 16.4 Å². The number of methoxy groups -OCH3 is 1. The number of amides is 3. The fourth-order valence-corrected chi connectivity index (χ4v) is 1.69. The van der Waals surface area contributed by atoms with Gasteiger partial charge in [0.05, 0.1) is 26.2 Å². The van der Waals surface area contributed by atoms with E-state index >= 15 is 0 Å². The first kappa shape index (κ1) is 14.2. The van der Waals surface area contributed by atoms with Crippen LogP contribution in [0.3, 0.4) is 0 Å². The number of nitrogens with one attached hydrogen (secondary N) is 2. The molecule has 0 bridgehead atoms. The SMILES string of the molecule is COC(=O)NC1CCN(C(=O)CNC(=O)CN)C1. The molecule has 0 aromatic carbocycles. The first-order chi connectivity index (χ1) is 8.56. The summed E-state index contributed by atoms with van der Waals surface area (Å²) in [7, 11) is 1.29. The summed E-state index contributed by atoms with van der Waals surface area (Å²) in [5.74, 6) is -0.558. The molecule has 1 unspecified atom stereocenters. The monoisotopic (exact) mass is 258 g/mol. The van der Waals surface area contributed by atoms with Gasteiger partial charge in [-0.05, 0) is 6.42 Å². The summed E-state index contributed by atoms with van der Waals surface area (Å²) < 4.78 is 4.48. The summed E-state index contributed by atoms with van der Waals surface area (Å²) in [5, 5.41) is 5.04. The van der Waals surface area contributed by atoms with Crippen molar-refractivity contribution in [3.8, 4) is 0 Å². The molecule has 3 amide bonds. The lowest BCUT2D eigenvalue weighted by atomic mass is 10.3. The van der Waals surface area contributed by atoms with Gasteiger partial charge in [0.1, 0.15) is 0 Å². The van der Waals surface area contributed by atoms with Crippen molar-refractivity contribution in [1.29, 1.82) is 0 Å². The molecule has 1 fully saturated rings. The number of carbonyl (C=O) groups excluding carboxylic acids is 3. The lowest BCUT2D eigenvalue weighted by Gasteiger charge is -2.17. The molecule has 1 atom stereocenters. The molecule has 0 spiro atoms. The first-order valence-corrected chi connectivity index (χ1v) is 5.65. The Morgan fingerprint density at radius 2 is 2.17 bits per heavy atom. The van der Waals surface area contributed by atoms with Gasteiger partial charge in [-0.2, -0.15) is 0 Å². The van der Waals surface area contributed by atoms with Crippen LogP contribution in [-0.2, 0) is 14.3 Å². The third kappa shape index (κ3) is 4.21. The van der Waals surface area contributed by atoms with Gasteiger partial charge in [-0.15, -0.1) is 0 Å². The van der Waals surface area contributed by atoms with Crippen LogP contribution in [0.25, 0.3) is 0 Å². The molecule has 1 saturated heterocycles.